The number of nitrogens with one attached hydrogen (secondary N) is 1. The van der Waals surface area contributed by atoms with Crippen molar-refractivity contribution in [1.82, 2.24) is 5.32 Å². The van der Waals surface area contributed by atoms with Gasteiger partial charge in [0.25, 0.3) is 0 Å². The fourth-order valence-electron chi connectivity index (χ4n) is 2.55. The average molecular weight is 380 g/mol. The Labute approximate surface area is 155 Å². The highest BCUT2D eigenvalue weighted by Crippen LogP contribution is 2.26. The van der Waals surface area contributed by atoms with Crippen LogP contribution in [-0.2, 0) is 11.2 Å². The van der Waals surface area contributed by atoms with Crippen molar-refractivity contribution in [3.05, 3.63) is 64.7 Å². The molecule has 0 bridgehead atoms. The minimum absolute atomic E-state index is 0.0934. The zero-order valence-electron chi connectivity index (χ0n) is 13.3. The van der Waals surface area contributed by atoms with Gasteiger partial charge in [0, 0.05) is 10.6 Å². The fourth-order valence-corrected chi connectivity index (χ4v) is 3.79. The Morgan fingerprint density at radius 3 is 2.56 bits per heavy atom. The van der Waals surface area contributed by atoms with Crippen LogP contribution in [0.2, 0.25) is 5.02 Å². The van der Waals surface area contributed by atoms with E-state index in [2.05, 4.69) is 5.32 Å². The summed E-state index contributed by atoms with van der Waals surface area (Å²) < 4.78 is 5.61. The van der Waals surface area contributed by atoms with Crippen molar-refractivity contribution in [2.75, 3.05) is 6.61 Å². The second kappa shape index (κ2) is 8.10. The first kappa shape index (κ1) is 18.1. The first-order valence-corrected chi connectivity index (χ1v) is 9.13. The Morgan fingerprint density at radius 1 is 1.20 bits per heavy atom. The summed E-state index contributed by atoms with van der Waals surface area (Å²) in [6, 6.07) is 14.4. The summed E-state index contributed by atoms with van der Waals surface area (Å²) in [5.41, 5.74) is 0.774. The molecular weight excluding hydrogens is 362 g/mol. The lowest BCUT2D eigenvalue weighted by molar-refractivity contribution is -0.121. The van der Waals surface area contributed by atoms with Gasteiger partial charge in [-0.3, -0.25) is 4.79 Å². The maximum Gasteiger partial charge on any atom is 0.236 e. The normalized spacial score (nSPS) is 21.0. The summed E-state index contributed by atoms with van der Waals surface area (Å²) in [6.45, 7) is 0.0934. The summed E-state index contributed by atoms with van der Waals surface area (Å²) in [7, 11) is 0. The number of benzene rings is 2. The summed E-state index contributed by atoms with van der Waals surface area (Å²) in [5, 5.41) is 22.3. The fraction of sp³-hybridized carbons (Fsp3) is 0.278. The van der Waals surface area contributed by atoms with E-state index in [4.69, 9.17) is 16.3 Å². The van der Waals surface area contributed by atoms with Crippen LogP contribution in [0.5, 0.6) is 5.75 Å². The van der Waals surface area contributed by atoms with Crippen LogP contribution in [-0.4, -0.2) is 33.5 Å². The number of hydrogen-bond acceptors (Lipinski definition) is 5. The number of halogens is 1. The molecule has 2 aromatic carbocycles. The molecule has 2 aromatic rings. The molecule has 3 N–H and O–H groups in total. The maximum atomic E-state index is 11.6. The summed E-state index contributed by atoms with van der Waals surface area (Å²) >= 11 is 7.26. The van der Waals surface area contributed by atoms with Crippen LogP contribution in [0.3, 0.4) is 0 Å². The first-order valence-electron chi connectivity index (χ1n) is 7.81. The van der Waals surface area contributed by atoms with Gasteiger partial charge in [-0.1, -0.05) is 53.7 Å². The summed E-state index contributed by atoms with van der Waals surface area (Å²) in [4.78, 5) is 11.6. The van der Waals surface area contributed by atoms with Crippen molar-refractivity contribution >= 4 is 29.3 Å². The van der Waals surface area contributed by atoms with Crippen molar-refractivity contribution < 1.29 is 19.7 Å². The smallest absolute Gasteiger partial charge is 0.236 e. The number of ether oxygens (including phenoxy) is 1. The molecule has 25 heavy (non-hydrogen) atoms. The van der Waals surface area contributed by atoms with Crippen molar-refractivity contribution in [2.45, 2.75) is 23.3 Å². The standard InChI is InChI=1S/C18H18ClNO4S/c19-14-4-2-1-3-13(14)15(21)10-24-12-7-5-11(6-8-12)9-16-17(22)20-18(23)25-16/h1-8,15-16,18,21,23H,9-10H2,(H,20,22). The lowest BCUT2D eigenvalue weighted by Crippen LogP contribution is -2.27. The van der Waals surface area contributed by atoms with Crippen LogP contribution in [0.1, 0.15) is 17.2 Å². The molecule has 1 aliphatic rings. The summed E-state index contributed by atoms with van der Waals surface area (Å²) in [5.74, 6) is 0.471. The summed E-state index contributed by atoms with van der Waals surface area (Å²) in [6.07, 6.45) is -0.274. The highest BCUT2D eigenvalue weighted by Gasteiger charge is 2.31. The number of rotatable bonds is 6. The molecule has 1 saturated heterocycles. The van der Waals surface area contributed by atoms with Crippen molar-refractivity contribution in [3.8, 4) is 5.75 Å². The number of thioether (sulfide) groups is 1. The molecule has 0 saturated carbocycles. The molecule has 1 heterocycles. The van der Waals surface area contributed by atoms with Gasteiger partial charge in [-0.25, -0.2) is 0 Å². The Kier molecular flexibility index (Phi) is 5.86. The number of amides is 1. The number of hydrogen-bond donors (Lipinski definition) is 3. The molecule has 3 atom stereocenters. The Balaban J connectivity index is 1.54. The minimum atomic E-state index is -0.827. The average Bonchev–Trinajstić information content (AvgIpc) is 2.91. The van der Waals surface area contributed by atoms with E-state index < -0.39 is 11.7 Å². The highest BCUT2D eigenvalue weighted by molar-refractivity contribution is 8.01. The van der Waals surface area contributed by atoms with Gasteiger partial charge in [0.2, 0.25) is 5.91 Å². The lowest BCUT2D eigenvalue weighted by atomic mass is 10.1. The molecule has 5 nitrogen and oxygen atoms in total. The van der Waals surface area contributed by atoms with Gasteiger partial charge < -0.3 is 20.3 Å². The lowest BCUT2D eigenvalue weighted by Gasteiger charge is -2.14. The molecule has 0 radical (unpaired) electrons. The number of carbonyl (C=O) groups excluding carboxylic acids is 1. The van der Waals surface area contributed by atoms with E-state index in [-0.39, 0.29) is 17.8 Å². The maximum absolute atomic E-state index is 11.6. The van der Waals surface area contributed by atoms with Gasteiger partial charge in [0.1, 0.15) is 18.5 Å². The van der Waals surface area contributed by atoms with Crippen molar-refractivity contribution in [1.29, 1.82) is 0 Å². The highest BCUT2D eigenvalue weighted by atomic mass is 35.5. The van der Waals surface area contributed by atoms with Crippen LogP contribution in [0.4, 0.5) is 0 Å². The Morgan fingerprint density at radius 2 is 1.92 bits per heavy atom. The van der Waals surface area contributed by atoms with Crippen molar-refractivity contribution in [2.24, 2.45) is 0 Å². The second-order valence-electron chi connectivity index (χ2n) is 5.68. The number of carbonyl (C=O) groups is 1. The molecular formula is C18H18ClNO4S. The zero-order valence-corrected chi connectivity index (χ0v) is 14.8. The second-order valence-corrected chi connectivity index (χ2v) is 7.38. The molecule has 1 fully saturated rings. The molecule has 0 aromatic heterocycles. The SMILES string of the molecule is O=C1NC(O)SC1Cc1ccc(OCC(O)c2ccccc2Cl)cc1. The van der Waals surface area contributed by atoms with Crippen molar-refractivity contribution in [3.63, 3.8) is 0 Å². The Bertz CT molecular complexity index is 740. The molecule has 7 heteroatoms. The van der Waals surface area contributed by atoms with E-state index >= 15 is 0 Å². The van der Waals surface area contributed by atoms with Crippen LogP contribution < -0.4 is 10.1 Å². The van der Waals surface area contributed by atoms with Gasteiger partial charge in [0.15, 0.2) is 5.56 Å². The van der Waals surface area contributed by atoms with E-state index in [9.17, 15) is 15.0 Å². The van der Waals surface area contributed by atoms with E-state index in [0.717, 1.165) is 5.56 Å². The van der Waals surface area contributed by atoms with Gasteiger partial charge >= 0.3 is 0 Å². The van der Waals surface area contributed by atoms with Crippen LogP contribution in [0.25, 0.3) is 0 Å². The molecule has 1 amide bonds. The molecule has 3 unspecified atom stereocenters. The topological polar surface area (TPSA) is 78.8 Å². The van der Waals surface area contributed by atoms with E-state index in [0.29, 0.717) is 22.8 Å². The van der Waals surface area contributed by atoms with E-state index in [1.165, 1.54) is 11.8 Å². The van der Waals surface area contributed by atoms with E-state index in [1.54, 1.807) is 30.3 Å². The third-order valence-electron chi connectivity index (χ3n) is 3.87. The molecule has 0 spiro atoms. The third kappa shape index (κ3) is 4.67. The van der Waals surface area contributed by atoms with Crippen LogP contribution in [0, 0.1) is 0 Å². The van der Waals surface area contributed by atoms with Gasteiger partial charge in [-0.2, -0.15) is 0 Å². The minimum Gasteiger partial charge on any atom is -0.491 e. The van der Waals surface area contributed by atoms with Gasteiger partial charge in [-0.15, -0.1) is 0 Å². The van der Waals surface area contributed by atoms with Gasteiger partial charge in [0.05, 0.1) is 5.25 Å². The molecule has 1 aliphatic heterocycles. The van der Waals surface area contributed by atoms with E-state index in [1.807, 2.05) is 18.2 Å². The molecule has 132 valence electrons. The molecule has 0 aliphatic carbocycles. The van der Waals surface area contributed by atoms with Gasteiger partial charge in [-0.05, 0) is 30.2 Å². The quantitative estimate of drug-likeness (QED) is 0.718. The first-order chi connectivity index (χ1) is 12.0. The number of aliphatic hydroxyl groups excluding tert-OH is 2. The predicted molar refractivity (Wildman–Crippen MR) is 97.6 cm³/mol. The van der Waals surface area contributed by atoms with Crippen LogP contribution >= 0.6 is 23.4 Å². The monoisotopic (exact) mass is 379 g/mol. The zero-order chi connectivity index (χ0) is 17.8. The number of aliphatic hydroxyl groups is 2. The predicted octanol–water partition coefficient (Wildman–Crippen LogP) is 2.50. The van der Waals surface area contributed by atoms with Crippen LogP contribution in [0.15, 0.2) is 48.5 Å². The molecule has 3 rings (SSSR count). The Hall–Kier alpha value is -1.73. The third-order valence-corrected chi connectivity index (χ3v) is 5.30. The largest absolute Gasteiger partial charge is 0.491 e.